The van der Waals surface area contributed by atoms with E-state index >= 15 is 0 Å². The van der Waals surface area contributed by atoms with Gasteiger partial charge in [0.15, 0.2) is 0 Å². The van der Waals surface area contributed by atoms with Gasteiger partial charge in [0, 0.05) is 10.9 Å². The van der Waals surface area contributed by atoms with E-state index in [9.17, 15) is 4.79 Å². The Hall–Kier alpha value is -2.49. The van der Waals surface area contributed by atoms with Gasteiger partial charge in [0.25, 0.3) is 0 Å². The Labute approximate surface area is 225 Å². The van der Waals surface area contributed by atoms with Crippen molar-refractivity contribution < 1.29 is 13.9 Å². The molecule has 0 aliphatic rings. The van der Waals surface area contributed by atoms with E-state index in [0.29, 0.717) is 6.71 Å². The second-order valence-electron chi connectivity index (χ2n) is 13.9. The van der Waals surface area contributed by atoms with E-state index in [1.807, 2.05) is 13.8 Å². The third-order valence-corrected chi connectivity index (χ3v) is 7.20. The molecule has 37 heavy (non-hydrogen) atoms. The number of carbonyl (C=O) groups is 1. The number of ether oxygens (including phenoxy) is 1. The van der Waals surface area contributed by atoms with Crippen molar-refractivity contribution >= 4 is 23.7 Å². The normalized spacial score (nSPS) is 13.6. The van der Waals surface area contributed by atoms with Crippen LogP contribution < -0.4 is 0 Å². The first kappa shape index (κ1) is 29.1. The summed E-state index contributed by atoms with van der Waals surface area (Å²) in [5.41, 5.74) is 4.03. The predicted molar refractivity (Wildman–Crippen MR) is 158 cm³/mol. The maximum atomic E-state index is 13.3. The minimum Gasteiger partial charge on any atom is -0.460 e. The van der Waals surface area contributed by atoms with Gasteiger partial charge >= 0.3 is 5.97 Å². The van der Waals surface area contributed by atoms with Crippen LogP contribution in [0.25, 0.3) is 22.3 Å². The first-order valence-electron chi connectivity index (χ1n) is 13.9. The second-order valence-corrected chi connectivity index (χ2v) is 13.9. The van der Waals surface area contributed by atoms with Crippen LogP contribution in [0.4, 0.5) is 0 Å². The molecule has 1 unspecified atom stereocenters. The fourth-order valence-corrected chi connectivity index (χ4v) is 5.46. The number of aryl methyl sites for hydroxylation is 1. The maximum Gasteiger partial charge on any atom is 0.309 e. The van der Waals surface area contributed by atoms with E-state index < -0.39 is 5.60 Å². The van der Waals surface area contributed by atoms with Crippen molar-refractivity contribution in [2.24, 2.45) is 16.7 Å². The average molecular weight is 503 g/mol. The summed E-state index contributed by atoms with van der Waals surface area (Å²) in [6.07, 6.45) is 3.50. The Bertz CT molecular complexity index is 1210. The number of hydrogen-bond donors (Lipinski definition) is 0. The Morgan fingerprint density at radius 3 is 2.27 bits per heavy atom. The van der Waals surface area contributed by atoms with Crippen LogP contribution in [0.2, 0.25) is 13.1 Å². The number of fused-ring (bicyclic) bond motifs is 1. The van der Waals surface area contributed by atoms with Crippen LogP contribution in [0.5, 0.6) is 0 Å². The average Bonchev–Trinajstić information content (AvgIpc) is 3.18. The van der Waals surface area contributed by atoms with Crippen LogP contribution in [0.3, 0.4) is 0 Å². The molecule has 3 aromatic rings. The number of esters is 1. The predicted octanol–water partition coefficient (Wildman–Crippen LogP) is 9.29. The summed E-state index contributed by atoms with van der Waals surface area (Å²) >= 11 is 0. The molecule has 0 radical (unpaired) electrons. The van der Waals surface area contributed by atoms with Gasteiger partial charge in [0.2, 0.25) is 0 Å². The molecule has 1 aromatic heterocycles. The molecular formula is C33H47BO3. The highest BCUT2D eigenvalue weighted by molar-refractivity contribution is 6.57. The molecule has 4 heteroatoms. The lowest BCUT2D eigenvalue weighted by atomic mass is 9.43. The highest BCUT2D eigenvalue weighted by atomic mass is 16.6. The minimum absolute atomic E-state index is 0.0668. The van der Waals surface area contributed by atoms with Gasteiger partial charge in [-0.25, -0.2) is 0 Å². The topological polar surface area (TPSA) is 39.4 Å². The van der Waals surface area contributed by atoms with E-state index in [2.05, 4.69) is 104 Å². The summed E-state index contributed by atoms with van der Waals surface area (Å²) in [7, 11) is 0. The van der Waals surface area contributed by atoms with Crippen LogP contribution in [0.1, 0.15) is 79.9 Å². The number of furan rings is 1. The summed E-state index contributed by atoms with van der Waals surface area (Å²) in [6, 6.07) is 17.1. The second kappa shape index (κ2) is 11.1. The molecule has 3 rings (SSSR count). The van der Waals surface area contributed by atoms with Gasteiger partial charge in [-0.1, -0.05) is 97.3 Å². The Kier molecular flexibility index (Phi) is 8.72. The van der Waals surface area contributed by atoms with Gasteiger partial charge in [-0.3, -0.25) is 4.79 Å². The fraction of sp³-hybridized carbons (Fsp3) is 0.545. The molecule has 1 atom stereocenters. The smallest absolute Gasteiger partial charge is 0.309 e. The molecule has 200 valence electrons. The quantitative estimate of drug-likeness (QED) is 0.216. The monoisotopic (exact) mass is 502 g/mol. The van der Waals surface area contributed by atoms with Crippen molar-refractivity contribution in [1.82, 2.24) is 0 Å². The van der Waals surface area contributed by atoms with Gasteiger partial charge in [-0.15, -0.1) is 0 Å². The van der Waals surface area contributed by atoms with Crippen LogP contribution >= 0.6 is 0 Å². The molecule has 0 N–H and O–H groups in total. The van der Waals surface area contributed by atoms with Gasteiger partial charge in [0.1, 0.15) is 23.7 Å². The first-order chi connectivity index (χ1) is 17.1. The van der Waals surface area contributed by atoms with Crippen molar-refractivity contribution in [2.75, 3.05) is 0 Å². The van der Waals surface area contributed by atoms with Gasteiger partial charge < -0.3 is 9.15 Å². The number of rotatable bonds is 9. The molecule has 0 saturated carbocycles. The molecule has 3 nitrogen and oxygen atoms in total. The largest absolute Gasteiger partial charge is 0.460 e. The van der Waals surface area contributed by atoms with Crippen molar-refractivity contribution in [3.63, 3.8) is 0 Å². The van der Waals surface area contributed by atoms with Gasteiger partial charge in [0.05, 0.1) is 5.92 Å². The highest BCUT2D eigenvalue weighted by Crippen LogP contribution is 2.38. The van der Waals surface area contributed by atoms with E-state index in [0.717, 1.165) is 42.2 Å². The maximum absolute atomic E-state index is 13.3. The zero-order valence-electron chi connectivity index (χ0n) is 24.8. The molecule has 0 aliphatic carbocycles. The van der Waals surface area contributed by atoms with Crippen molar-refractivity contribution in [1.29, 1.82) is 0 Å². The molecular weight excluding hydrogens is 455 g/mol. The lowest BCUT2D eigenvalue weighted by Crippen LogP contribution is -2.40. The first-order valence-corrected chi connectivity index (χ1v) is 13.9. The fourth-order valence-electron chi connectivity index (χ4n) is 5.46. The molecule has 2 aromatic carbocycles. The lowest BCUT2D eigenvalue weighted by Gasteiger charge is -2.37. The summed E-state index contributed by atoms with van der Waals surface area (Å²) in [5.74, 6) is 0.723. The number of carbonyl (C=O) groups excluding carboxylic acids is 1. The summed E-state index contributed by atoms with van der Waals surface area (Å²) in [5, 5.41) is 1.12. The molecule has 0 spiro atoms. The van der Waals surface area contributed by atoms with Crippen molar-refractivity contribution in [2.45, 2.75) is 100 Å². The van der Waals surface area contributed by atoms with Crippen LogP contribution in [0, 0.1) is 16.7 Å². The minimum atomic E-state index is -0.524. The van der Waals surface area contributed by atoms with E-state index in [4.69, 9.17) is 9.15 Å². The Morgan fingerprint density at radius 1 is 0.973 bits per heavy atom. The number of benzene rings is 2. The highest BCUT2D eigenvalue weighted by Gasteiger charge is 2.38. The molecule has 0 fully saturated rings. The molecule has 0 amide bonds. The van der Waals surface area contributed by atoms with E-state index in [-0.39, 0.29) is 22.7 Å². The third-order valence-electron chi connectivity index (χ3n) is 7.20. The molecule has 0 bridgehead atoms. The van der Waals surface area contributed by atoms with Gasteiger partial charge in [-0.05, 0) is 67.9 Å². The zero-order valence-corrected chi connectivity index (χ0v) is 24.8. The van der Waals surface area contributed by atoms with E-state index in [1.54, 1.807) is 0 Å². The number of hydrogen-bond acceptors (Lipinski definition) is 3. The summed E-state index contributed by atoms with van der Waals surface area (Å²) in [4.78, 5) is 13.3. The SMILES string of the molecule is CCc1ccccc1-c1cc2ccc(CB(C)CC(C)(C)OC(=O)C(CC(C)(C)C)C(C)(C)C)cc2o1. The third kappa shape index (κ3) is 8.00. The van der Waals surface area contributed by atoms with E-state index in [1.165, 1.54) is 16.7 Å². The van der Waals surface area contributed by atoms with Crippen LogP contribution in [-0.4, -0.2) is 18.3 Å². The standard InChI is InChI=1S/C33H47BO3/c1-11-24-14-12-13-15-26(24)29-19-25-17-16-23(18-28(25)36-29)21-34(10)22-33(8,9)37-30(35)27(32(5,6)7)20-31(2,3)4/h12-19,27H,11,20-22H2,1-10H3. The molecule has 0 aliphatic heterocycles. The van der Waals surface area contributed by atoms with Crippen LogP contribution in [-0.2, 0) is 22.3 Å². The summed E-state index contributed by atoms with van der Waals surface area (Å²) < 4.78 is 12.5. The molecule has 1 heterocycles. The zero-order chi connectivity index (χ0) is 27.6. The molecule has 0 saturated heterocycles. The van der Waals surface area contributed by atoms with Crippen molar-refractivity contribution in [3.05, 3.63) is 59.7 Å². The van der Waals surface area contributed by atoms with Crippen LogP contribution in [0.15, 0.2) is 52.9 Å². The lowest BCUT2D eigenvalue weighted by molar-refractivity contribution is -0.165. The van der Waals surface area contributed by atoms with Gasteiger partial charge in [-0.2, -0.15) is 0 Å². The summed E-state index contributed by atoms with van der Waals surface area (Å²) in [6.45, 7) is 21.8. The Morgan fingerprint density at radius 2 is 1.65 bits per heavy atom. The van der Waals surface area contributed by atoms with Crippen molar-refractivity contribution in [3.8, 4) is 11.3 Å². The Balaban J connectivity index is 1.69.